The van der Waals surface area contributed by atoms with Crippen molar-refractivity contribution in [1.82, 2.24) is 4.90 Å². The second kappa shape index (κ2) is 7.15. The molecule has 0 fully saturated rings. The number of hydrogen-bond acceptors (Lipinski definition) is 4. The van der Waals surface area contributed by atoms with Gasteiger partial charge in [-0.15, -0.1) is 0 Å². The van der Waals surface area contributed by atoms with Crippen LogP contribution in [-0.2, 0) is 11.2 Å². The van der Waals surface area contributed by atoms with Gasteiger partial charge in [0.25, 0.3) is 11.8 Å². The van der Waals surface area contributed by atoms with Crippen molar-refractivity contribution in [3.63, 3.8) is 0 Å². The van der Waals surface area contributed by atoms with Gasteiger partial charge in [-0.25, -0.2) is 0 Å². The van der Waals surface area contributed by atoms with E-state index in [2.05, 4.69) is 22.3 Å². The number of hydrogen-bond donors (Lipinski definition) is 1. The zero-order valence-electron chi connectivity index (χ0n) is 16.2. The van der Waals surface area contributed by atoms with E-state index in [1.165, 1.54) is 5.56 Å². The van der Waals surface area contributed by atoms with Crippen molar-refractivity contribution in [2.75, 3.05) is 23.3 Å². The summed E-state index contributed by atoms with van der Waals surface area (Å²) in [6.45, 7) is 0.502. The van der Waals surface area contributed by atoms with Crippen LogP contribution in [0.4, 0.5) is 17.1 Å². The molecule has 2 aliphatic rings. The summed E-state index contributed by atoms with van der Waals surface area (Å²) in [5.74, 6) is -1.29. The summed E-state index contributed by atoms with van der Waals surface area (Å²) in [5, 5.41) is 2.89. The van der Waals surface area contributed by atoms with E-state index in [0.717, 1.165) is 29.2 Å². The van der Waals surface area contributed by atoms with Crippen LogP contribution in [0.2, 0.25) is 0 Å². The summed E-state index contributed by atoms with van der Waals surface area (Å²) >= 11 is 0. The lowest BCUT2D eigenvalue weighted by Gasteiger charge is -2.23. The average molecular weight is 397 g/mol. The van der Waals surface area contributed by atoms with E-state index in [-0.39, 0.29) is 6.54 Å². The van der Waals surface area contributed by atoms with E-state index in [9.17, 15) is 14.4 Å². The summed E-state index contributed by atoms with van der Waals surface area (Å²) in [7, 11) is 0. The van der Waals surface area contributed by atoms with Crippen LogP contribution < -0.4 is 10.2 Å². The Bertz CT molecular complexity index is 1150. The lowest BCUT2D eigenvalue weighted by atomic mass is 10.1. The second-order valence-corrected chi connectivity index (χ2v) is 7.34. The monoisotopic (exact) mass is 397 g/mol. The largest absolute Gasteiger partial charge is 0.339 e. The number of benzene rings is 3. The standard InChI is InChI=1S/C24H19N3O3/c28-22(15-27-23(29)17-8-2-3-9-18(17)24(27)30)25-19-10-4-6-12-21(19)26-14-13-16-7-1-5-11-20(16)26/h1-12H,13-15H2,(H,25,28). The predicted octanol–water partition coefficient (Wildman–Crippen LogP) is 3.62. The van der Waals surface area contributed by atoms with E-state index >= 15 is 0 Å². The highest BCUT2D eigenvalue weighted by Gasteiger charge is 2.36. The molecule has 0 saturated heterocycles. The number of para-hydroxylation sites is 3. The molecule has 5 rings (SSSR count). The molecule has 3 aromatic rings. The predicted molar refractivity (Wildman–Crippen MR) is 114 cm³/mol. The highest BCUT2D eigenvalue weighted by molar-refractivity contribution is 6.22. The summed E-state index contributed by atoms with van der Waals surface area (Å²) < 4.78 is 0. The van der Waals surface area contributed by atoms with E-state index in [1.807, 2.05) is 36.4 Å². The first-order valence-corrected chi connectivity index (χ1v) is 9.83. The molecule has 0 saturated carbocycles. The Labute approximate surface area is 173 Å². The maximum atomic E-state index is 12.7. The van der Waals surface area contributed by atoms with Crippen molar-refractivity contribution in [2.24, 2.45) is 0 Å². The van der Waals surface area contributed by atoms with Crippen LogP contribution in [0.1, 0.15) is 26.3 Å². The SMILES string of the molecule is O=C(CN1C(=O)c2ccccc2C1=O)Nc1ccccc1N1CCc2ccccc21. The number of imide groups is 1. The number of fused-ring (bicyclic) bond motifs is 2. The minimum absolute atomic E-state index is 0.322. The molecule has 148 valence electrons. The number of carbonyl (C=O) groups excluding carboxylic acids is 3. The van der Waals surface area contributed by atoms with E-state index in [1.54, 1.807) is 24.3 Å². The fraction of sp³-hybridized carbons (Fsp3) is 0.125. The third-order valence-electron chi connectivity index (χ3n) is 5.54. The molecule has 2 heterocycles. The first kappa shape index (κ1) is 18.1. The van der Waals surface area contributed by atoms with Gasteiger partial charge in [0.2, 0.25) is 5.91 Å². The van der Waals surface area contributed by atoms with Crippen LogP contribution in [0, 0.1) is 0 Å². The molecular weight excluding hydrogens is 378 g/mol. The third kappa shape index (κ3) is 2.93. The van der Waals surface area contributed by atoms with Gasteiger partial charge in [0.05, 0.1) is 22.5 Å². The summed E-state index contributed by atoms with van der Waals surface area (Å²) in [6, 6.07) is 22.4. The van der Waals surface area contributed by atoms with Crippen LogP contribution >= 0.6 is 0 Å². The Kier molecular flexibility index (Phi) is 4.32. The van der Waals surface area contributed by atoms with E-state index in [4.69, 9.17) is 0 Å². The summed E-state index contributed by atoms with van der Waals surface area (Å²) in [4.78, 5) is 41.0. The van der Waals surface area contributed by atoms with Crippen LogP contribution in [-0.4, -0.2) is 35.7 Å². The molecular formula is C24H19N3O3. The Morgan fingerprint density at radius 2 is 1.40 bits per heavy atom. The van der Waals surface area contributed by atoms with Crippen LogP contribution in [0.15, 0.2) is 72.8 Å². The number of nitrogens with one attached hydrogen (secondary N) is 1. The molecule has 3 aromatic carbocycles. The molecule has 0 bridgehead atoms. The Hall–Kier alpha value is -3.93. The van der Waals surface area contributed by atoms with Gasteiger partial charge in [0.15, 0.2) is 0 Å². The van der Waals surface area contributed by atoms with Crippen molar-refractivity contribution in [3.05, 3.63) is 89.5 Å². The normalized spacial score (nSPS) is 14.7. The van der Waals surface area contributed by atoms with Crippen molar-refractivity contribution in [2.45, 2.75) is 6.42 Å². The van der Waals surface area contributed by atoms with E-state index < -0.39 is 17.7 Å². The number of rotatable bonds is 4. The van der Waals surface area contributed by atoms with Gasteiger partial charge in [-0.2, -0.15) is 0 Å². The molecule has 0 aliphatic carbocycles. The highest BCUT2D eigenvalue weighted by atomic mass is 16.2. The van der Waals surface area contributed by atoms with E-state index in [0.29, 0.717) is 16.8 Å². The number of amides is 3. The van der Waals surface area contributed by atoms with Gasteiger partial charge in [0, 0.05) is 12.2 Å². The van der Waals surface area contributed by atoms with Crippen LogP contribution in [0.25, 0.3) is 0 Å². The molecule has 0 spiro atoms. The maximum Gasteiger partial charge on any atom is 0.262 e. The maximum absolute atomic E-state index is 12.7. The quantitative estimate of drug-likeness (QED) is 0.683. The molecule has 0 aromatic heterocycles. The highest BCUT2D eigenvalue weighted by Crippen LogP contribution is 2.38. The van der Waals surface area contributed by atoms with Gasteiger partial charge in [-0.1, -0.05) is 42.5 Å². The van der Waals surface area contributed by atoms with Gasteiger partial charge in [-0.3, -0.25) is 19.3 Å². The molecule has 1 N–H and O–H groups in total. The zero-order chi connectivity index (χ0) is 20.7. The minimum Gasteiger partial charge on any atom is -0.339 e. The fourth-order valence-electron chi connectivity index (χ4n) is 4.12. The van der Waals surface area contributed by atoms with Crippen molar-refractivity contribution < 1.29 is 14.4 Å². The summed E-state index contributed by atoms with van der Waals surface area (Å²) in [6.07, 6.45) is 0.938. The van der Waals surface area contributed by atoms with Gasteiger partial charge in [-0.05, 0) is 42.3 Å². The minimum atomic E-state index is -0.437. The van der Waals surface area contributed by atoms with Crippen molar-refractivity contribution >= 4 is 34.8 Å². The lowest BCUT2D eigenvalue weighted by molar-refractivity contribution is -0.116. The number of anilines is 3. The fourth-order valence-corrected chi connectivity index (χ4v) is 4.12. The first-order valence-electron chi connectivity index (χ1n) is 9.83. The first-order chi connectivity index (χ1) is 14.6. The average Bonchev–Trinajstić information content (AvgIpc) is 3.30. The topological polar surface area (TPSA) is 69.7 Å². The van der Waals surface area contributed by atoms with Crippen LogP contribution in [0.3, 0.4) is 0 Å². The van der Waals surface area contributed by atoms with Crippen LogP contribution in [0.5, 0.6) is 0 Å². The van der Waals surface area contributed by atoms with Gasteiger partial charge in [0.1, 0.15) is 6.54 Å². The third-order valence-corrected chi connectivity index (χ3v) is 5.54. The molecule has 6 heteroatoms. The molecule has 0 unspecified atom stereocenters. The van der Waals surface area contributed by atoms with Gasteiger partial charge >= 0.3 is 0 Å². The lowest BCUT2D eigenvalue weighted by Crippen LogP contribution is -2.37. The Morgan fingerprint density at radius 3 is 2.13 bits per heavy atom. The Morgan fingerprint density at radius 1 is 0.800 bits per heavy atom. The number of nitrogens with zero attached hydrogens (tertiary/aromatic N) is 2. The summed E-state index contributed by atoms with van der Waals surface area (Å²) in [5.41, 5.74) is 4.60. The van der Waals surface area contributed by atoms with Gasteiger partial charge < -0.3 is 10.2 Å². The molecule has 2 aliphatic heterocycles. The zero-order valence-corrected chi connectivity index (χ0v) is 16.2. The van der Waals surface area contributed by atoms with Crippen molar-refractivity contribution in [3.8, 4) is 0 Å². The Balaban J connectivity index is 1.36. The molecule has 30 heavy (non-hydrogen) atoms. The smallest absolute Gasteiger partial charge is 0.262 e. The molecule has 0 radical (unpaired) electrons. The number of carbonyl (C=O) groups is 3. The molecule has 0 atom stereocenters. The second-order valence-electron chi connectivity index (χ2n) is 7.34. The van der Waals surface area contributed by atoms with Crippen molar-refractivity contribution in [1.29, 1.82) is 0 Å². The molecule has 3 amide bonds. The molecule has 6 nitrogen and oxygen atoms in total.